The van der Waals surface area contributed by atoms with Gasteiger partial charge in [-0.2, -0.15) is 0 Å². The van der Waals surface area contributed by atoms with Crippen LogP contribution in [0.3, 0.4) is 0 Å². The summed E-state index contributed by atoms with van der Waals surface area (Å²) in [6, 6.07) is 11.4. The molecule has 0 unspecified atom stereocenters. The molecular formula is C25H34. The minimum absolute atomic E-state index is 1.14. The lowest BCUT2D eigenvalue weighted by molar-refractivity contribution is 0.575. The van der Waals surface area contributed by atoms with Gasteiger partial charge in [-0.3, -0.25) is 0 Å². The molecule has 1 aliphatic carbocycles. The Hall–Kier alpha value is -1.56. The van der Waals surface area contributed by atoms with Crippen LogP contribution in [0.2, 0.25) is 0 Å². The molecule has 0 nitrogen and oxygen atoms in total. The second kappa shape index (κ2) is 8.70. The number of aryl methyl sites for hydroxylation is 1. The Labute approximate surface area is 154 Å². The summed E-state index contributed by atoms with van der Waals surface area (Å²) in [5.74, 6) is 0. The van der Waals surface area contributed by atoms with Crippen molar-refractivity contribution >= 4 is 0 Å². The number of hydrogen-bond acceptors (Lipinski definition) is 0. The molecule has 0 fully saturated rings. The van der Waals surface area contributed by atoms with Crippen molar-refractivity contribution in [1.82, 2.24) is 0 Å². The first kappa shape index (κ1) is 18.2. The lowest BCUT2D eigenvalue weighted by Gasteiger charge is -2.15. The highest BCUT2D eigenvalue weighted by Gasteiger charge is 2.22. The molecule has 3 rings (SSSR count). The van der Waals surface area contributed by atoms with Crippen LogP contribution >= 0.6 is 0 Å². The van der Waals surface area contributed by atoms with Crippen molar-refractivity contribution in [3.05, 3.63) is 58.1 Å². The molecule has 0 saturated carbocycles. The van der Waals surface area contributed by atoms with Gasteiger partial charge in [-0.25, -0.2) is 0 Å². The van der Waals surface area contributed by atoms with Crippen LogP contribution in [0.1, 0.15) is 86.1 Å². The Morgan fingerprint density at radius 3 is 2.24 bits per heavy atom. The highest BCUT2D eigenvalue weighted by atomic mass is 14.3. The lowest BCUT2D eigenvalue weighted by Crippen LogP contribution is -2.00. The van der Waals surface area contributed by atoms with E-state index in [1.54, 1.807) is 11.1 Å². The van der Waals surface area contributed by atoms with Crippen molar-refractivity contribution in [2.24, 2.45) is 0 Å². The predicted molar refractivity (Wildman–Crippen MR) is 110 cm³/mol. The maximum absolute atomic E-state index is 2.42. The lowest BCUT2D eigenvalue weighted by atomic mass is 9.90. The van der Waals surface area contributed by atoms with Crippen LogP contribution in [-0.4, -0.2) is 0 Å². The fraction of sp³-hybridized carbons (Fsp3) is 0.520. The maximum Gasteiger partial charge on any atom is -0.00106 e. The molecule has 0 heterocycles. The van der Waals surface area contributed by atoms with Gasteiger partial charge in [0, 0.05) is 0 Å². The predicted octanol–water partition coefficient (Wildman–Crippen LogP) is 7.56. The van der Waals surface area contributed by atoms with Crippen LogP contribution in [0, 0.1) is 13.8 Å². The fourth-order valence-corrected chi connectivity index (χ4v) is 4.38. The van der Waals surface area contributed by atoms with Gasteiger partial charge in [0.1, 0.15) is 0 Å². The van der Waals surface area contributed by atoms with Crippen LogP contribution in [0.5, 0.6) is 0 Å². The highest BCUT2D eigenvalue weighted by molar-refractivity contribution is 5.79. The molecule has 0 radical (unpaired) electrons. The number of unbranched alkanes of at least 4 members (excludes halogenated alkanes) is 7. The Bertz CT molecular complexity index is 708. The summed E-state index contributed by atoms with van der Waals surface area (Å²) < 4.78 is 0. The molecule has 0 aromatic heterocycles. The topological polar surface area (TPSA) is 0 Å². The van der Waals surface area contributed by atoms with Gasteiger partial charge in [-0.05, 0) is 72.1 Å². The van der Waals surface area contributed by atoms with Crippen molar-refractivity contribution in [2.45, 2.75) is 85.0 Å². The zero-order valence-corrected chi connectivity index (χ0v) is 16.5. The van der Waals surface area contributed by atoms with Gasteiger partial charge in [-0.15, -0.1) is 0 Å². The van der Waals surface area contributed by atoms with Gasteiger partial charge in [0.25, 0.3) is 0 Å². The summed E-state index contributed by atoms with van der Waals surface area (Å²) in [6.07, 6.45) is 13.6. The number of rotatable bonds is 9. The van der Waals surface area contributed by atoms with Crippen LogP contribution in [0.15, 0.2) is 30.3 Å². The molecule has 2 aromatic carbocycles. The SMILES string of the molecule is CCCCCCCCCCc1c(C)c(C)cc2c1Cc1ccccc1-2. The largest absolute Gasteiger partial charge is 0.0654 e. The summed E-state index contributed by atoms with van der Waals surface area (Å²) in [6.45, 7) is 6.91. The van der Waals surface area contributed by atoms with Crippen LogP contribution < -0.4 is 0 Å². The van der Waals surface area contributed by atoms with E-state index >= 15 is 0 Å². The average molecular weight is 335 g/mol. The number of fused-ring (bicyclic) bond motifs is 3. The third kappa shape index (κ3) is 4.17. The molecule has 0 heteroatoms. The summed E-state index contributed by atoms with van der Waals surface area (Å²) >= 11 is 0. The second-order valence-corrected chi connectivity index (χ2v) is 7.88. The fourth-order valence-electron chi connectivity index (χ4n) is 4.38. The van der Waals surface area contributed by atoms with E-state index in [-0.39, 0.29) is 0 Å². The summed E-state index contributed by atoms with van der Waals surface area (Å²) in [5, 5.41) is 0. The van der Waals surface area contributed by atoms with E-state index in [4.69, 9.17) is 0 Å². The van der Waals surface area contributed by atoms with Gasteiger partial charge >= 0.3 is 0 Å². The van der Waals surface area contributed by atoms with Gasteiger partial charge in [-0.1, -0.05) is 82.2 Å². The minimum atomic E-state index is 1.14. The van der Waals surface area contributed by atoms with E-state index in [1.165, 1.54) is 85.6 Å². The Morgan fingerprint density at radius 2 is 1.48 bits per heavy atom. The van der Waals surface area contributed by atoms with Crippen molar-refractivity contribution in [3.63, 3.8) is 0 Å². The first-order valence-electron chi connectivity index (χ1n) is 10.4. The van der Waals surface area contributed by atoms with E-state index in [9.17, 15) is 0 Å². The Morgan fingerprint density at radius 1 is 0.800 bits per heavy atom. The molecule has 25 heavy (non-hydrogen) atoms. The molecule has 0 aliphatic heterocycles. The molecule has 134 valence electrons. The molecule has 1 aliphatic rings. The third-order valence-corrected chi connectivity index (χ3v) is 6.05. The van der Waals surface area contributed by atoms with E-state index in [2.05, 4.69) is 51.1 Å². The van der Waals surface area contributed by atoms with Gasteiger partial charge in [0.05, 0.1) is 0 Å². The minimum Gasteiger partial charge on any atom is -0.0654 e. The number of hydrogen-bond donors (Lipinski definition) is 0. The Balaban J connectivity index is 1.62. The first-order chi connectivity index (χ1) is 12.2. The van der Waals surface area contributed by atoms with Gasteiger partial charge in [0.2, 0.25) is 0 Å². The normalized spacial score (nSPS) is 12.3. The summed E-state index contributed by atoms with van der Waals surface area (Å²) in [5.41, 5.74) is 10.8. The van der Waals surface area contributed by atoms with Crippen LogP contribution in [-0.2, 0) is 12.8 Å². The molecule has 0 atom stereocenters. The number of benzene rings is 2. The van der Waals surface area contributed by atoms with Crippen molar-refractivity contribution in [2.75, 3.05) is 0 Å². The first-order valence-corrected chi connectivity index (χ1v) is 10.4. The third-order valence-electron chi connectivity index (χ3n) is 6.05. The van der Waals surface area contributed by atoms with Gasteiger partial charge in [0.15, 0.2) is 0 Å². The van der Waals surface area contributed by atoms with Crippen molar-refractivity contribution in [1.29, 1.82) is 0 Å². The molecule has 0 amide bonds. The Kier molecular flexibility index (Phi) is 6.34. The highest BCUT2D eigenvalue weighted by Crippen LogP contribution is 2.40. The van der Waals surface area contributed by atoms with Crippen LogP contribution in [0.25, 0.3) is 11.1 Å². The second-order valence-electron chi connectivity index (χ2n) is 7.88. The molecule has 0 N–H and O–H groups in total. The van der Waals surface area contributed by atoms with Gasteiger partial charge < -0.3 is 0 Å². The quantitative estimate of drug-likeness (QED) is 0.354. The average Bonchev–Trinajstić information content (AvgIpc) is 2.98. The molecular weight excluding hydrogens is 300 g/mol. The van der Waals surface area contributed by atoms with E-state index in [1.807, 2.05) is 0 Å². The molecule has 2 aromatic rings. The monoisotopic (exact) mass is 334 g/mol. The summed E-state index contributed by atoms with van der Waals surface area (Å²) in [4.78, 5) is 0. The molecule has 0 bridgehead atoms. The van der Waals surface area contributed by atoms with E-state index in [0.29, 0.717) is 0 Å². The van der Waals surface area contributed by atoms with E-state index < -0.39 is 0 Å². The van der Waals surface area contributed by atoms with E-state index in [0.717, 1.165) is 6.42 Å². The smallest absolute Gasteiger partial charge is 0.00106 e. The summed E-state index contributed by atoms with van der Waals surface area (Å²) in [7, 11) is 0. The molecule has 0 saturated heterocycles. The maximum atomic E-state index is 2.42. The van der Waals surface area contributed by atoms with Crippen molar-refractivity contribution in [3.8, 4) is 11.1 Å². The zero-order chi connectivity index (χ0) is 17.6. The zero-order valence-electron chi connectivity index (χ0n) is 16.5. The van der Waals surface area contributed by atoms with Crippen molar-refractivity contribution < 1.29 is 0 Å². The molecule has 0 spiro atoms. The van der Waals surface area contributed by atoms with Crippen LogP contribution in [0.4, 0.5) is 0 Å². The standard InChI is InChI=1S/C25H34/c1-4-5-6-7-8-9-10-11-15-22-20(3)19(2)17-24-23-16-13-12-14-21(23)18-25(22)24/h12-14,16-17H,4-11,15,18H2,1-3H3.